The fourth-order valence-electron chi connectivity index (χ4n) is 4.72. The van der Waals surface area contributed by atoms with Crippen LogP contribution in [0.4, 0.5) is 5.69 Å². The molecule has 0 radical (unpaired) electrons. The lowest BCUT2D eigenvalue weighted by Gasteiger charge is -2.47. The molecule has 4 N–H and O–H groups in total. The first-order chi connectivity index (χ1) is 16.8. The molecule has 2 aliphatic heterocycles. The maximum atomic E-state index is 13.6. The summed E-state index contributed by atoms with van der Waals surface area (Å²) in [4.78, 5) is 19.2. The molecule has 9 heteroatoms. The molecule has 2 fully saturated rings. The van der Waals surface area contributed by atoms with Crippen LogP contribution in [0.1, 0.15) is 30.9 Å². The minimum absolute atomic E-state index is 0.0388. The summed E-state index contributed by atoms with van der Waals surface area (Å²) in [5.74, 6) is 0.197. The third-order valence-corrected chi connectivity index (χ3v) is 8.60. The third kappa shape index (κ3) is 4.38. The molecule has 2 aliphatic rings. The lowest BCUT2D eigenvalue weighted by molar-refractivity contribution is -0.131. The van der Waals surface area contributed by atoms with Gasteiger partial charge in [0.25, 0.3) is 5.91 Å². The quantitative estimate of drug-likeness (QED) is 0.408. The fourth-order valence-corrected chi connectivity index (χ4v) is 6.40. The number of aromatic nitrogens is 1. The van der Waals surface area contributed by atoms with Gasteiger partial charge in [-0.15, -0.1) is 10.8 Å². The number of nitrogens with zero attached hydrogens (tertiary/aromatic N) is 3. The van der Waals surface area contributed by atoms with Crippen molar-refractivity contribution in [2.24, 2.45) is 0 Å². The first kappa shape index (κ1) is 23.3. The van der Waals surface area contributed by atoms with E-state index in [1.165, 1.54) is 4.90 Å². The molecule has 2 aromatic carbocycles. The Morgan fingerprint density at radius 3 is 2.66 bits per heavy atom. The topological polar surface area (TPSA) is 113 Å². The molecule has 3 heterocycles. The van der Waals surface area contributed by atoms with E-state index in [9.17, 15) is 13.9 Å². The highest BCUT2D eigenvalue weighted by atomic mass is 32.3. The number of benzene rings is 2. The molecular weight excluding hydrogens is 462 g/mol. The van der Waals surface area contributed by atoms with Crippen LogP contribution in [-0.4, -0.2) is 43.2 Å². The molecule has 1 amide bonds. The molecule has 0 spiro atoms. The van der Waals surface area contributed by atoms with Crippen molar-refractivity contribution in [3.05, 3.63) is 84.2 Å². The van der Waals surface area contributed by atoms with Crippen molar-refractivity contribution in [1.29, 1.82) is 5.41 Å². The molecule has 5 rings (SSSR count). The minimum atomic E-state index is -2.83. The molecule has 0 saturated carbocycles. The fraction of sp³-hybridized carbons (Fsp3) is 0.269. The molecule has 1 unspecified atom stereocenters. The lowest BCUT2D eigenvalue weighted by Crippen LogP contribution is -2.40. The summed E-state index contributed by atoms with van der Waals surface area (Å²) in [6, 6.07) is 19.0. The Morgan fingerprint density at radius 2 is 1.89 bits per heavy atom. The number of pyridine rings is 1. The second-order valence-corrected chi connectivity index (χ2v) is 11.2. The Hall–Kier alpha value is -3.40. The van der Waals surface area contributed by atoms with E-state index in [2.05, 4.69) is 10.3 Å². The van der Waals surface area contributed by atoms with E-state index in [-0.39, 0.29) is 18.4 Å². The Balaban J connectivity index is 1.39. The summed E-state index contributed by atoms with van der Waals surface area (Å²) in [5.41, 5.74) is 3.14. The van der Waals surface area contributed by atoms with Crippen LogP contribution in [0.25, 0.3) is 11.1 Å². The van der Waals surface area contributed by atoms with Crippen molar-refractivity contribution in [3.63, 3.8) is 0 Å². The monoisotopic (exact) mass is 491 g/mol. The first-order valence-electron chi connectivity index (χ1n) is 11.6. The van der Waals surface area contributed by atoms with Crippen molar-refractivity contribution in [1.82, 2.24) is 15.2 Å². The van der Waals surface area contributed by atoms with Gasteiger partial charge in [-0.1, -0.05) is 36.4 Å². The molecule has 35 heavy (non-hydrogen) atoms. The highest BCUT2D eigenvalue weighted by Gasteiger charge is 2.47. The second-order valence-electron chi connectivity index (χ2n) is 9.13. The van der Waals surface area contributed by atoms with E-state index in [1.54, 1.807) is 23.6 Å². The van der Waals surface area contributed by atoms with Gasteiger partial charge in [0.2, 0.25) is 0 Å². The molecular formula is C26H29N5O3S. The minimum Gasteiger partial charge on any atom is -0.338 e. The van der Waals surface area contributed by atoms with E-state index in [0.717, 1.165) is 40.8 Å². The van der Waals surface area contributed by atoms with E-state index < -0.39 is 16.3 Å². The number of rotatable bonds is 5. The van der Waals surface area contributed by atoms with Crippen LogP contribution in [0.2, 0.25) is 0 Å². The Kier molecular flexibility index (Phi) is 6.00. The predicted molar refractivity (Wildman–Crippen MR) is 139 cm³/mol. The maximum Gasteiger partial charge on any atom is 0.259 e. The van der Waals surface area contributed by atoms with Gasteiger partial charge in [-0.3, -0.25) is 33.5 Å². The standard InChI is InChI=1S/C26H29N5O3S/c1-26(22-10-5-8-20(16-22)21-9-6-12-28-17-21)24(32)30(25(27)29-26)18-19-7-4-11-23(15-19)31-13-2-3-14-35(31,33)34/h4-12,15-17,33-34H,2-3,13-14,18H2,1H3,(H2,27,29). The number of guanidine groups is 1. The average Bonchev–Trinajstić information content (AvgIpc) is 3.08. The van der Waals surface area contributed by atoms with E-state index in [1.807, 2.05) is 60.7 Å². The van der Waals surface area contributed by atoms with Crippen LogP contribution >= 0.6 is 10.8 Å². The predicted octanol–water partition coefficient (Wildman–Crippen LogP) is 4.80. The summed E-state index contributed by atoms with van der Waals surface area (Å²) in [6.45, 7) is 2.59. The number of amides is 1. The Morgan fingerprint density at radius 1 is 1.09 bits per heavy atom. The molecule has 0 aliphatic carbocycles. The van der Waals surface area contributed by atoms with Crippen molar-refractivity contribution in [2.75, 3.05) is 16.6 Å². The number of carbonyl (C=O) groups excluding carboxylic acids is 1. The lowest BCUT2D eigenvalue weighted by atomic mass is 9.89. The van der Waals surface area contributed by atoms with Gasteiger partial charge in [0.1, 0.15) is 5.54 Å². The Bertz CT molecular complexity index is 1270. The zero-order valence-electron chi connectivity index (χ0n) is 19.5. The number of hydrogen-bond donors (Lipinski definition) is 4. The van der Waals surface area contributed by atoms with Gasteiger partial charge in [-0.2, -0.15) is 0 Å². The highest BCUT2D eigenvalue weighted by molar-refractivity contribution is 8.25. The van der Waals surface area contributed by atoms with Gasteiger partial charge in [0.15, 0.2) is 5.96 Å². The van der Waals surface area contributed by atoms with E-state index >= 15 is 0 Å². The highest BCUT2D eigenvalue weighted by Crippen LogP contribution is 2.49. The van der Waals surface area contributed by atoms with Crippen molar-refractivity contribution >= 4 is 28.3 Å². The SMILES string of the molecule is CC1(c2cccc(-c3cccnc3)c2)NC(=N)N(Cc2cccc(N3CCCCS3(O)O)c2)C1=O. The number of carbonyl (C=O) groups is 1. The number of hydrogen-bond acceptors (Lipinski definition) is 6. The molecule has 1 aromatic heterocycles. The van der Waals surface area contributed by atoms with Gasteiger partial charge in [0, 0.05) is 18.9 Å². The van der Waals surface area contributed by atoms with Gasteiger partial charge in [-0.25, -0.2) is 0 Å². The Labute approximate surface area is 206 Å². The van der Waals surface area contributed by atoms with Crippen LogP contribution in [-0.2, 0) is 16.9 Å². The zero-order chi connectivity index (χ0) is 24.6. The molecule has 2 saturated heterocycles. The molecule has 1 atom stereocenters. The second kappa shape index (κ2) is 8.99. The van der Waals surface area contributed by atoms with Crippen molar-refractivity contribution in [2.45, 2.75) is 31.8 Å². The molecule has 8 nitrogen and oxygen atoms in total. The summed E-state index contributed by atoms with van der Waals surface area (Å²) in [6.07, 6.45) is 5.20. The summed E-state index contributed by atoms with van der Waals surface area (Å²) in [7, 11) is -2.83. The molecule has 0 bridgehead atoms. The van der Waals surface area contributed by atoms with E-state index in [0.29, 0.717) is 12.3 Å². The van der Waals surface area contributed by atoms with Gasteiger partial charge in [0.05, 0.1) is 18.0 Å². The van der Waals surface area contributed by atoms with Crippen molar-refractivity contribution in [3.8, 4) is 11.1 Å². The smallest absolute Gasteiger partial charge is 0.259 e. The van der Waals surface area contributed by atoms with Crippen LogP contribution < -0.4 is 9.62 Å². The van der Waals surface area contributed by atoms with Crippen LogP contribution in [0.3, 0.4) is 0 Å². The summed E-state index contributed by atoms with van der Waals surface area (Å²) < 4.78 is 22.7. The van der Waals surface area contributed by atoms with Gasteiger partial charge < -0.3 is 5.32 Å². The largest absolute Gasteiger partial charge is 0.338 e. The summed E-state index contributed by atoms with van der Waals surface area (Å²) >= 11 is 0. The van der Waals surface area contributed by atoms with Gasteiger partial charge in [-0.05, 0) is 66.3 Å². The molecule has 3 aromatic rings. The maximum absolute atomic E-state index is 13.6. The summed E-state index contributed by atoms with van der Waals surface area (Å²) in [5, 5.41) is 11.6. The zero-order valence-corrected chi connectivity index (χ0v) is 20.3. The van der Waals surface area contributed by atoms with E-state index in [4.69, 9.17) is 5.41 Å². The van der Waals surface area contributed by atoms with Crippen molar-refractivity contribution < 1.29 is 13.9 Å². The first-order valence-corrected chi connectivity index (χ1v) is 13.3. The van der Waals surface area contributed by atoms with Crippen LogP contribution in [0.15, 0.2) is 73.1 Å². The number of anilines is 1. The third-order valence-electron chi connectivity index (χ3n) is 6.67. The normalized spacial score (nSPS) is 22.7. The van der Waals surface area contributed by atoms with Crippen LogP contribution in [0.5, 0.6) is 0 Å². The van der Waals surface area contributed by atoms with Crippen LogP contribution in [0, 0.1) is 5.41 Å². The molecule has 182 valence electrons. The number of nitrogens with one attached hydrogen (secondary N) is 2. The van der Waals surface area contributed by atoms with Gasteiger partial charge >= 0.3 is 0 Å². The average molecular weight is 492 g/mol.